The maximum absolute atomic E-state index is 6.06. The summed E-state index contributed by atoms with van der Waals surface area (Å²) in [7, 11) is 0. The number of hydrogen-bond acceptors (Lipinski definition) is 4. The molecule has 140 valence electrons. The Hall–Kier alpha value is -2.24. The number of ether oxygens (including phenoxy) is 1. The summed E-state index contributed by atoms with van der Waals surface area (Å²) in [6, 6.07) is 13.9. The highest BCUT2D eigenvalue weighted by Crippen LogP contribution is 2.24. The molecule has 0 N–H and O–H groups in total. The van der Waals surface area contributed by atoms with E-state index in [1.807, 2.05) is 41.0 Å². The van der Waals surface area contributed by atoms with Crippen LogP contribution < -0.4 is 4.74 Å². The maximum Gasteiger partial charge on any atom is 0.191 e. The van der Waals surface area contributed by atoms with Gasteiger partial charge in [-0.3, -0.25) is 4.57 Å². The summed E-state index contributed by atoms with van der Waals surface area (Å²) in [5, 5.41) is 10.2. The van der Waals surface area contributed by atoms with Gasteiger partial charge in [0.1, 0.15) is 12.4 Å². The molecular weight excluding hydrogens is 378 g/mol. The van der Waals surface area contributed by atoms with Gasteiger partial charge in [-0.1, -0.05) is 47.6 Å². The molecule has 3 rings (SSSR count). The topological polar surface area (TPSA) is 39.9 Å². The standard InChI is InChI=1S/C21H22ClN3OS/c1-4-10-25-20(13-26-19-9-8-15(2)16(3)11-19)23-24-21(25)27-14-17-6-5-7-18(22)12-17/h4-9,11-12H,1,10,13-14H2,2-3H3. The quantitative estimate of drug-likeness (QED) is 0.365. The second-order valence-corrected chi connectivity index (χ2v) is 7.63. The Kier molecular flexibility index (Phi) is 6.58. The van der Waals surface area contributed by atoms with Crippen molar-refractivity contribution in [3.8, 4) is 5.75 Å². The maximum atomic E-state index is 6.06. The van der Waals surface area contributed by atoms with Crippen LogP contribution in [0.2, 0.25) is 5.02 Å². The zero-order chi connectivity index (χ0) is 19.2. The minimum atomic E-state index is 0.362. The molecule has 0 amide bonds. The summed E-state index contributed by atoms with van der Waals surface area (Å²) in [6.07, 6.45) is 1.84. The summed E-state index contributed by atoms with van der Waals surface area (Å²) in [4.78, 5) is 0. The van der Waals surface area contributed by atoms with E-state index < -0.39 is 0 Å². The summed E-state index contributed by atoms with van der Waals surface area (Å²) < 4.78 is 7.95. The van der Waals surface area contributed by atoms with Gasteiger partial charge in [-0.05, 0) is 54.8 Å². The minimum absolute atomic E-state index is 0.362. The predicted molar refractivity (Wildman–Crippen MR) is 111 cm³/mol. The van der Waals surface area contributed by atoms with Gasteiger partial charge in [0.15, 0.2) is 11.0 Å². The number of hydrogen-bond donors (Lipinski definition) is 0. The van der Waals surface area contributed by atoms with Crippen LogP contribution in [0.15, 0.2) is 60.3 Å². The summed E-state index contributed by atoms with van der Waals surface area (Å²) in [5.41, 5.74) is 3.60. The lowest BCUT2D eigenvalue weighted by molar-refractivity contribution is 0.289. The molecule has 1 heterocycles. The molecule has 1 aromatic heterocycles. The molecule has 0 saturated heterocycles. The third-order valence-corrected chi connectivity index (χ3v) is 5.48. The third-order valence-electron chi connectivity index (χ3n) is 4.21. The molecule has 0 aliphatic heterocycles. The molecule has 0 unspecified atom stereocenters. The third kappa shape index (κ3) is 5.15. The highest BCUT2D eigenvalue weighted by atomic mass is 35.5. The molecule has 0 radical (unpaired) electrons. The molecule has 4 nitrogen and oxygen atoms in total. The predicted octanol–water partition coefficient (Wildman–Crippen LogP) is 5.61. The number of nitrogens with zero attached hydrogens (tertiary/aromatic N) is 3. The lowest BCUT2D eigenvalue weighted by Gasteiger charge is -2.10. The van der Waals surface area contributed by atoms with Gasteiger partial charge in [-0.15, -0.1) is 16.8 Å². The average molecular weight is 400 g/mol. The lowest BCUT2D eigenvalue weighted by atomic mass is 10.1. The molecule has 0 saturated carbocycles. The van der Waals surface area contributed by atoms with Crippen LogP contribution in [-0.4, -0.2) is 14.8 Å². The van der Waals surface area contributed by atoms with Gasteiger partial charge in [-0.25, -0.2) is 0 Å². The Morgan fingerprint density at radius 1 is 1.15 bits per heavy atom. The largest absolute Gasteiger partial charge is 0.486 e. The Labute approximate surface area is 169 Å². The van der Waals surface area contributed by atoms with E-state index >= 15 is 0 Å². The van der Waals surface area contributed by atoms with Crippen molar-refractivity contribution in [2.45, 2.75) is 37.9 Å². The van der Waals surface area contributed by atoms with Crippen LogP contribution in [0, 0.1) is 13.8 Å². The normalized spacial score (nSPS) is 10.8. The number of allylic oxidation sites excluding steroid dienone is 1. The van der Waals surface area contributed by atoms with Crippen molar-refractivity contribution in [3.05, 3.63) is 82.7 Å². The molecule has 0 aliphatic carbocycles. The molecule has 0 bridgehead atoms. The summed E-state index contributed by atoms with van der Waals surface area (Å²) >= 11 is 7.68. The molecule has 0 spiro atoms. The van der Waals surface area contributed by atoms with Gasteiger partial charge < -0.3 is 4.74 Å². The Balaban J connectivity index is 1.70. The van der Waals surface area contributed by atoms with Crippen molar-refractivity contribution < 1.29 is 4.74 Å². The molecule has 0 fully saturated rings. The second-order valence-electron chi connectivity index (χ2n) is 6.25. The first-order valence-electron chi connectivity index (χ1n) is 8.67. The van der Waals surface area contributed by atoms with E-state index in [0.717, 1.165) is 33.1 Å². The zero-order valence-electron chi connectivity index (χ0n) is 15.5. The van der Waals surface area contributed by atoms with Crippen molar-refractivity contribution in [2.24, 2.45) is 0 Å². The van der Waals surface area contributed by atoms with Gasteiger partial charge in [0.2, 0.25) is 0 Å². The molecule has 27 heavy (non-hydrogen) atoms. The van der Waals surface area contributed by atoms with E-state index in [-0.39, 0.29) is 0 Å². The number of halogens is 1. The molecule has 0 atom stereocenters. The SMILES string of the molecule is C=CCn1c(COc2ccc(C)c(C)c2)nnc1SCc1cccc(Cl)c1. The zero-order valence-corrected chi connectivity index (χ0v) is 17.1. The van der Waals surface area contributed by atoms with Crippen LogP contribution in [0.25, 0.3) is 0 Å². The van der Waals surface area contributed by atoms with E-state index in [9.17, 15) is 0 Å². The van der Waals surface area contributed by atoms with Gasteiger partial charge in [0, 0.05) is 17.3 Å². The first-order valence-corrected chi connectivity index (χ1v) is 10.0. The lowest BCUT2D eigenvalue weighted by Crippen LogP contribution is -2.07. The second kappa shape index (κ2) is 9.11. The Morgan fingerprint density at radius 2 is 2.00 bits per heavy atom. The first-order chi connectivity index (χ1) is 13.1. The van der Waals surface area contributed by atoms with Gasteiger partial charge in [0.25, 0.3) is 0 Å². The van der Waals surface area contributed by atoms with Crippen LogP contribution in [0.3, 0.4) is 0 Å². The summed E-state index contributed by atoms with van der Waals surface area (Å²) in [6.45, 7) is 9.00. The van der Waals surface area contributed by atoms with Crippen molar-refractivity contribution >= 4 is 23.4 Å². The van der Waals surface area contributed by atoms with E-state index in [0.29, 0.717) is 13.2 Å². The van der Waals surface area contributed by atoms with Crippen LogP contribution >= 0.6 is 23.4 Å². The van der Waals surface area contributed by atoms with Gasteiger partial charge >= 0.3 is 0 Å². The Bertz CT molecular complexity index is 939. The van der Waals surface area contributed by atoms with Crippen LogP contribution in [0.1, 0.15) is 22.5 Å². The fourth-order valence-corrected chi connectivity index (χ4v) is 3.69. The summed E-state index contributed by atoms with van der Waals surface area (Å²) in [5.74, 6) is 2.38. The van der Waals surface area contributed by atoms with E-state index in [1.165, 1.54) is 11.1 Å². The van der Waals surface area contributed by atoms with E-state index in [4.69, 9.17) is 16.3 Å². The van der Waals surface area contributed by atoms with Gasteiger partial charge in [-0.2, -0.15) is 0 Å². The fourth-order valence-electron chi connectivity index (χ4n) is 2.57. The first kappa shape index (κ1) is 19.5. The highest BCUT2D eigenvalue weighted by molar-refractivity contribution is 7.98. The molecular formula is C21H22ClN3OS. The van der Waals surface area contributed by atoms with Gasteiger partial charge in [0.05, 0.1) is 0 Å². The number of aryl methyl sites for hydroxylation is 2. The van der Waals surface area contributed by atoms with E-state index in [2.05, 4.69) is 42.8 Å². The number of aromatic nitrogens is 3. The number of rotatable bonds is 8. The molecule has 2 aromatic carbocycles. The monoisotopic (exact) mass is 399 g/mol. The van der Waals surface area contributed by atoms with Crippen LogP contribution in [0.5, 0.6) is 5.75 Å². The van der Waals surface area contributed by atoms with E-state index in [1.54, 1.807) is 11.8 Å². The van der Waals surface area contributed by atoms with Crippen molar-refractivity contribution in [1.29, 1.82) is 0 Å². The highest BCUT2D eigenvalue weighted by Gasteiger charge is 2.13. The minimum Gasteiger partial charge on any atom is -0.486 e. The molecule has 0 aliphatic rings. The van der Waals surface area contributed by atoms with Crippen LogP contribution in [0.4, 0.5) is 0 Å². The number of benzene rings is 2. The number of thioether (sulfide) groups is 1. The Morgan fingerprint density at radius 3 is 2.74 bits per heavy atom. The van der Waals surface area contributed by atoms with Crippen LogP contribution in [-0.2, 0) is 18.9 Å². The fraction of sp³-hybridized carbons (Fsp3) is 0.238. The molecule has 3 aromatic rings. The smallest absolute Gasteiger partial charge is 0.191 e. The average Bonchev–Trinajstić information content (AvgIpc) is 3.03. The molecule has 6 heteroatoms. The van der Waals surface area contributed by atoms with Crippen molar-refractivity contribution in [1.82, 2.24) is 14.8 Å². The van der Waals surface area contributed by atoms with Crippen molar-refractivity contribution in [2.75, 3.05) is 0 Å². The van der Waals surface area contributed by atoms with Crippen molar-refractivity contribution in [3.63, 3.8) is 0 Å².